The molecule has 3 aromatic rings. The summed E-state index contributed by atoms with van der Waals surface area (Å²) in [4.78, 5) is 20.6. The lowest BCUT2D eigenvalue weighted by atomic mass is 10.1. The number of rotatable bonds is 6. The van der Waals surface area contributed by atoms with Crippen LogP contribution in [0, 0.1) is 0 Å². The third kappa shape index (κ3) is 4.91. The van der Waals surface area contributed by atoms with Gasteiger partial charge in [0.25, 0.3) is 0 Å². The van der Waals surface area contributed by atoms with E-state index in [0.717, 1.165) is 49.1 Å². The molecule has 8 nitrogen and oxygen atoms in total. The number of nitrogens with one attached hydrogen (secondary N) is 1. The lowest BCUT2D eigenvalue weighted by Gasteiger charge is -2.34. The van der Waals surface area contributed by atoms with Crippen molar-refractivity contribution >= 4 is 34.8 Å². The predicted molar refractivity (Wildman–Crippen MR) is 132 cm³/mol. The molecule has 0 amide bonds. The van der Waals surface area contributed by atoms with Crippen LogP contribution in [0.15, 0.2) is 48.7 Å². The number of anilines is 6. The van der Waals surface area contributed by atoms with Gasteiger partial charge in [0, 0.05) is 56.4 Å². The summed E-state index contributed by atoms with van der Waals surface area (Å²) in [5, 5.41) is 3.34. The maximum absolute atomic E-state index is 5.89. The molecule has 0 bridgehead atoms. The highest BCUT2D eigenvalue weighted by molar-refractivity contribution is 5.64. The first-order valence-electron chi connectivity index (χ1n) is 11.0. The summed E-state index contributed by atoms with van der Waals surface area (Å²) in [6, 6.07) is 14.1. The lowest BCUT2D eigenvalue weighted by Crippen LogP contribution is -2.44. The molecule has 0 saturated carbocycles. The Morgan fingerprint density at radius 1 is 1.00 bits per heavy atom. The Balaban J connectivity index is 1.54. The minimum atomic E-state index is 0.269. The second kappa shape index (κ2) is 9.40. The van der Waals surface area contributed by atoms with Crippen LogP contribution < -0.4 is 20.9 Å². The van der Waals surface area contributed by atoms with Crippen molar-refractivity contribution in [1.82, 2.24) is 19.9 Å². The van der Waals surface area contributed by atoms with Crippen molar-refractivity contribution in [3.8, 4) is 0 Å². The number of hydrogen-bond acceptors (Lipinski definition) is 8. The number of hydrogen-bond donors (Lipinski definition) is 2. The average Bonchev–Trinajstić information content (AvgIpc) is 2.79. The predicted octanol–water partition coefficient (Wildman–Crippen LogP) is 3.84. The van der Waals surface area contributed by atoms with Crippen LogP contribution in [0.2, 0.25) is 0 Å². The van der Waals surface area contributed by atoms with Crippen molar-refractivity contribution in [3.63, 3.8) is 0 Å². The molecule has 1 aromatic carbocycles. The highest BCUT2D eigenvalue weighted by Gasteiger charge is 2.17. The Morgan fingerprint density at radius 2 is 1.72 bits per heavy atom. The van der Waals surface area contributed by atoms with Gasteiger partial charge in [-0.15, -0.1) is 0 Å². The van der Waals surface area contributed by atoms with Crippen molar-refractivity contribution in [3.05, 3.63) is 54.2 Å². The van der Waals surface area contributed by atoms with Gasteiger partial charge < -0.3 is 25.8 Å². The number of pyridine rings is 1. The second-order valence-electron chi connectivity index (χ2n) is 8.57. The summed E-state index contributed by atoms with van der Waals surface area (Å²) >= 11 is 0. The summed E-state index contributed by atoms with van der Waals surface area (Å²) < 4.78 is 0. The largest absolute Gasteiger partial charge is 0.384 e. The molecular formula is C24H32N8. The Bertz CT molecular complexity index is 1040. The Kier molecular flexibility index (Phi) is 6.41. The second-order valence-corrected chi connectivity index (χ2v) is 8.57. The van der Waals surface area contributed by atoms with E-state index >= 15 is 0 Å². The van der Waals surface area contributed by atoms with E-state index in [2.05, 4.69) is 70.2 Å². The molecule has 4 rings (SSSR count). The molecule has 32 heavy (non-hydrogen) atoms. The molecule has 2 aromatic heterocycles. The van der Waals surface area contributed by atoms with Gasteiger partial charge in [0.05, 0.1) is 0 Å². The standard InChI is InChI=1S/C24H32N8/c1-17(2)20-16-26-24(29-23(20)31(4)22-7-5-6-21(25)28-22)27-18-8-10-19(11-9-18)32-14-12-30(3)13-15-32/h5-11,16-17H,12-15H2,1-4H3,(H2,25,28)(H,26,27,29). The van der Waals surface area contributed by atoms with Crippen molar-refractivity contribution in [2.45, 2.75) is 19.8 Å². The molecular weight excluding hydrogens is 400 g/mol. The minimum absolute atomic E-state index is 0.269. The molecule has 0 atom stereocenters. The summed E-state index contributed by atoms with van der Waals surface area (Å²) in [5.74, 6) is 2.85. The fourth-order valence-electron chi connectivity index (χ4n) is 3.80. The van der Waals surface area contributed by atoms with Crippen molar-refractivity contribution in [2.75, 3.05) is 61.1 Å². The van der Waals surface area contributed by atoms with Gasteiger partial charge in [-0.3, -0.25) is 0 Å². The van der Waals surface area contributed by atoms with Crippen LogP contribution in [0.25, 0.3) is 0 Å². The third-order valence-electron chi connectivity index (χ3n) is 5.83. The number of piperazine rings is 1. The summed E-state index contributed by atoms with van der Waals surface area (Å²) in [5.41, 5.74) is 9.14. The zero-order valence-electron chi connectivity index (χ0n) is 19.3. The van der Waals surface area contributed by atoms with Crippen molar-refractivity contribution in [1.29, 1.82) is 0 Å². The van der Waals surface area contributed by atoms with Gasteiger partial charge in [-0.2, -0.15) is 4.98 Å². The fraction of sp³-hybridized carbons (Fsp3) is 0.375. The van der Waals surface area contributed by atoms with Crippen LogP contribution in [0.4, 0.5) is 34.8 Å². The molecule has 1 aliphatic heterocycles. The quantitative estimate of drug-likeness (QED) is 0.608. The normalized spacial score (nSPS) is 14.6. The molecule has 1 fully saturated rings. The molecule has 1 saturated heterocycles. The van der Waals surface area contributed by atoms with Gasteiger partial charge >= 0.3 is 0 Å². The van der Waals surface area contributed by atoms with E-state index in [1.165, 1.54) is 5.69 Å². The molecule has 0 spiro atoms. The van der Waals surface area contributed by atoms with Crippen LogP contribution in [0.1, 0.15) is 25.3 Å². The summed E-state index contributed by atoms with van der Waals surface area (Å²) in [7, 11) is 4.12. The van der Waals surface area contributed by atoms with Crippen LogP contribution in [-0.4, -0.2) is 60.1 Å². The Morgan fingerprint density at radius 3 is 2.38 bits per heavy atom. The molecule has 168 valence electrons. The molecule has 0 radical (unpaired) electrons. The van der Waals surface area contributed by atoms with E-state index in [0.29, 0.717) is 11.8 Å². The fourth-order valence-corrected chi connectivity index (χ4v) is 3.80. The number of likely N-dealkylation sites (N-methyl/N-ethyl adjacent to an activating group) is 1. The zero-order valence-corrected chi connectivity index (χ0v) is 19.3. The van der Waals surface area contributed by atoms with Crippen LogP contribution in [-0.2, 0) is 0 Å². The van der Waals surface area contributed by atoms with Gasteiger partial charge in [0.2, 0.25) is 5.95 Å². The van der Waals surface area contributed by atoms with E-state index in [4.69, 9.17) is 10.7 Å². The molecule has 0 unspecified atom stereocenters. The molecule has 1 aliphatic rings. The van der Waals surface area contributed by atoms with Gasteiger partial charge in [0.15, 0.2) is 0 Å². The first-order chi connectivity index (χ1) is 15.4. The van der Waals surface area contributed by atoms with Crippen LogP contribution in [0.3, 0.4) is 0 Å². The molecule has 3 heterocycles. The van der Waals surface area contributed by atoms with E-state index in [-0.39, 0.29) is 5.92 Å². The highest BCUT2D eigenvalue weighted by Crippen LogP contribution is 2.30. The topological polar surface area (TPSA) is 86.4 Å². The maximum Gasteiger partial charge on any atom is 0.229 e. The van der Waals surface area contributed by atoms with Gasteiger partial charge in [-0.1, -0.05) is 19.9 Å². The monoisotopic (exact) mass is 432 g/mol. The number of benzene rings is 1. The van der Waals surface area contributed by atoms with Crippen LogP contribution in [0.5, 0.6) is 0 Å². The van der Waals surface area contributed by atoms with Gasteiger partial charge in [0.1, 0.15) is 17.5 Å². The summed E-state index contributed by atoms with van der Waals surface area (Å²) in [6.07, 6.45) is 1.89. The smallest absolute Gasteiger partial charge is 0.229 e. The average molecular weight is 433 g/mol. The van der Waals surface area contributed by atoms with E-state index < -0.39 is 0 Å². The molecule has 8 heteroatoms. The van der Waals surface area contributed by atoms with Crippen molar-refractivity contribution in [2.24, 2.45) is 0 Å². The Labute approximate surface area is 190 Å². The number of nitrogens with zero attached hydrogens (tertiary/aromatic N) is 6. The zero-order chi connectivity index (χ0) is 22.7. The number of nitrogen functional groups attached to an aromatic ring is 1. The first kappa shape index (κ1) is 21.8. The maximum atomic E-state index is 5.89. The molecule has 3 N–H and O–H groups in total. The molecule has 0 aliphatic carbocycles. The number of aromatic nitrogens is 3. The lowest BCUT2D eigenvalue weighted by molar-refractivity contribution is 0.313. The third-order valence-corrected chi connectivity index (χ3v) is 5.83. The van der Waals surface area contributed by atoms with Crippen molar-refractivity contribution < 1.29 is 0 Å². The number of nitrogens with two attached hydrogens (primary N) is 1. The highest BCUT2D eigenvalue weighted by atomic mass is 15.3. The Hall–Kier alpha value is -3.39. The van der Waals surface area contributed by atoms with Crippen LogP contribution >= 0.6 is 0 Å². The van der Waals surface area contributed by atoms with E-state index in [1.807, 2.05) is 30.3 Å². The van der Waals surface area contributed by atoms with E-state index in [9.17, 15) is 0 Å². The SMILES string of the molecule is CC(C)c1cnc(Nc2ccc(N3CCN(C)CC3)cc2)nc1N(C)c1cccc(N)n1. The van der Waals surface area contributed by atoms with Gasteiger partial charge in [-0.25, -0.2) is 9.97 Å². The van der Waals surface area contributed by atoms with E-state index in [1.54, 1.807) is 6.07 Å². The van der Waals surface area contributed by atoms with Gasteiger partial charge in [-0.05, 0) is 49.4 Å². The first-order valence-corrected chi connectivity index (χ1v) is 11.0. The summed E-state index contributed by atoms with van der Waals surface area (Å²) in [6.45, 7) is 8.55. The minimum Gasteiger partial charge on any atom is -0.384 e.